The van der Waals surface area contributed by atoms with E-state index in [1.807, 2.05) is 4.72 Å². The van der Waals surface area contributed by atoms with Gasteiger partial charge in [-0.05, 0) is 42.3 Å². The number of fused-ring (bicyclic) bond motifs is 1. The minimum Gasteiger partial charge on any atom is -0.391 e. The van der Waals surface area contributed by atoms with Gasteiger partial charge in [0, 0.05) is 5.39 Å². The van der Waals surface area contributed by atoms with Gasteiger partial charge in [-0.15, -0.1) is 0 Å². The number of rotatable bonds is 5. The number of nitrogens with two attached hydrogens (primary N) is 1. The Bertz CT molecular complexity index is 1110. The van der Waals surface area contributed by atoms with Crippen LogP contribution in [0.2, 0.25) is 5.15 Å². The van der Waals surface area contributed by atoms with E-state index >= 15 is 0 Å². The molecule has 0 aliphatic carbocycles. The van der Waals surface area contributed by atoms with Crippen LogP contribution in [-0.4, -0.2) is 41.8 Å². The molecule has 0 saturated heterocycles. The monoisotopic (exact) mass is 408 g/mol. The summed E-state index contributed by atoms with van der Waals surface area (Å²) in [5.74, 6) is -0.984. The van der Waals surface area contributed by atoms with E-state index in [0.717, 1.165) is 5.56 Å². The summed E-state index contributed by atoms with van der Waals surface area (Å²) in [6.45, 7) is 1.30. The van der Waals surface area contributed by atoms with Crippen LogP contribution in [-0.2, 0) is 14.8 Å². The molecule has 142 valence electrons. The molecule has 2 atom stereocenters. The van der Waals surface area contributed by atoms with Crippen molar-refractivity contribution in [2.24, 2.45) is 5.73 Å². The Balaban J connectivity index is 1.94. The Morgan fingerprint density at radius 1 is 1.26 bits per heavy atom. The first kappa shape index (κ1) is 19.3. The Hall–Kier alpha value is -2.46. The number of sulfonamides is 1. The first-order valence-electron chi connectivity index (χ1n) is 7.93. The molecule has 8 nitrogen and oxygen atoms in total. The highest BCUT2D eigenvalue weighted by Crippen LogP contribution is 2.28. The van der Waals surface area contributed by atoms with Gasteiger partial charge in [0.1, 0.15) is 11.2 Å². The molecule has 0 aliphatic rings. The SMILES string of the molecule is C[C@@H](O)[C@H](N)C(=O)NS(=O)(=O)c1cccc(-c2ccc3n[nH]c(Cl)c3c2)c1. The number of aliphatic hydroxyl groups excluding tert-OH is 1. The predicted molar refractivity (Wildman–Crippen MR) is 102 cm³/mol. The van der Waals surface area contributed by atoms with Crippen molar-refractivity contribution in [1.29, 1.82) is 0 Å². The molecule has 0 saturated carbocycles. The summed E-state index contributed by atoms with van der Waals surface area (Å²) in [7, 11) is -4.14. The Morgan fingerprint density at radius 2 is 1.96 bits per heavy atom. The van der Waals surface area contributed by atoms with Crippen molar-refractivity contribution >= 4 is 38.4 Å². The van der Waals surface area contributed by atoms with Crippen LogP contribution in [0.25, 0.3) is 22.0 Å². The largest absolute Gasteiger partial charge is 0.391 e. The van der Waals surface area contributed by atoms with E-state index in [4.69, 9.17) is 17.3 Å². The molecule has 27 heavy (non-hydrogen) atoms. The molecule has 0 fully saturated rings. The molecule has 3 rings (SSSR count). The highest BCUT2D eigenvalue weighted by atomic mass is 35.5. The summed E-state index contributed by atoms with van der Waals surface area (Å²) in [4.78, 5) is 11.8. The topological polar surface area (TPSA) is 138 Å². The van der Waals surface area contributed by atoms with Crippen LogP contribution in [0.4, 0.5) is 0 Å². The average molecular weight is 409 g/mol. The summed E-state index contributed by atoms with van der Waals surface area (Å²) in [5, 5.41) is 17.1. The minimum atomic E-state index is -4.14. The van der Waals surface area contributed by atoms with Crippen LogP contribution in [0.1, 0.15) is 6.92 Å². The van der Waals surface area contributed by atoms with Gasteiger partial charge in [-0.25, -0.2) is 13.1 Å². The number of hydrogen-bond donors (Lipinski definition) is 4. The van der Waals surface area contributed by atoms with Crippen molar-refractivity contribution in [3.05, 3.63) is 47.6 Å². The van der Waals surface area contributed by atoms with E-state index < -0.39 is 28.1 Å². The molecule has 3 aromatic rings. The van der Waals surface area contributed by atoms with Crippen molar-refractivity contribution in [2.45, 2.75) is 24.0 Å². The smallest absolute Gasteiger partial charge is 0.264 e. The molecule has 1 amide bonds. The van der Waals surface area contributed by atoms with E-state index in [-0.39, 0.29) is 4.90 Å². The lowest BCUT2D eigenvalue weighted by molar-refractivity contribution is -0.122. The summed E-state index contributed by atoms with van der Waals surface area (Å²) in [6, 6.07) is 10.1. The van der Waals surface area contributed by atoms with Crippen LogP contribution in [0.3, 0.4) is 0 Å². The van der Waals surface area contributed by atoms with Gasteiger partial charge in [-0.2, -0.15) is 5.10 Å². The third kappa shape index (κ3) is 3.96. The lowest BCUT2D eigenvalue weighted by Gasteiger charge is -2.15. The van der Waals surface area contributed by atoms with Crippen LogP contribution in [0.5, 0.6) is 0 Å². The zero-order valence-corrected chi connectivity index (χ0v) is 15.8. The average Bonchev–Trinajstić information content (AvgIpc) is 3.01. The second-order valence-corrected chi connectivity index (χ2v) is 8.09. The summed E-state index contributed by atoms with van der Waals surface area (Å²) >= 11 is 6.05. The number of nitrogens with zero attached hydrogens (tertiary/aromatic N) is 1. The van der Waals surface area contributed by atoms with Crippen molar-refractivity contribution in [1.82, 2.24) is 14.9 Å². The molecule has 0 aliphatic heterocycles. The maximum Gasteiger partial charge on any atom is 0.264 e. The molecule has 1 aromatic heterocycles. The minimum absolute atomic E-state index is 0.107. The standard InChI is InChI=1S/C17H17ClN4O4S/c1-9(23)15(19)17(24)22-27(25,26)12-4-2-3-10(7-12)11-5-6-14-13(8-11)16(18)21-20-14/h2-9,15,23H,19H2,1H3,(H,20,21)(H,22,24)/t9-,15+/m1/s1. The van der Waals surface area contributed by atoms with Crippen LogP contribution < -0.4 is 10.5 Å². The molecular formula is C17H17ClN4O4S. The first-order chi connectivity index (χ1) is 12.7. The fourth-order valence-electron chi connectivity index (χ4n) is 2.48. The number of nitrogens with one attached hydrogen (secondary N) is 2. The van der Waals surface area contributed by atoms with E-state index in [1.54, 1.807) is 30.3 Å². The van der Waals surface area contributed by atoms with Crippen molar-refractivity contribution in [3.8, 4) is 11.1 Å². The van der Waals surface area contributed by atoms with Gasteiger partial charge >= 0.3 is 0 Å². The van der Waals surface area contributed by atoms with E-state index in [1.165, 1.54) is 19.1 Å². The van der Waals surface area contributed by atoms with Crippen LogP contribution in [0, 0.1) is 0 Å². The maximum absolute atomic E-state index is 12.5. The third-order valence-corrected chi connectivity index (χ3v) is 5.68. The van der Waals surface area contributed by atoms with Gasteiger partial charge < -0.3 is 10.8 Å². The van der Waals surface area contributed by atoms with E-state index in [9.17, 15) is 18.3 Å². The fraction of sp³-hybridized carbons (Fsp3) is 0.176. The molecule has 2 aromatic carbocycles. The van der Waals surface area contributed by atoms with Crippen molar-refractivity contribution < 1.29 is 18.3 Å². The highest BCUT2D eigenvalue weighted by molar-refractivity contribution is 7.90. The van der Waals surface area contributed by atoms with Crippen molar-refractivity contribution in [3.63, 3.8) is 0 Å². The fourth-order valence-corrected chi connectivity index (χ4v) is 3.73. The molecule has 0 unspecified atom stereocenters. The lowest BCUT2D eigenvalue weighted by atomic mass is 10.0. The number of benzene rings is 2. The molecule has 10 heteroatoms. The molecule has 0 spiro atoms. The van der Waals surface area contributed by atoms with Gasteiger partial charge in [0.05, 0.1) is 16.5 Å². The first-order valence-corrected chi connectivity index (χ1v) is 9.79. The normalized spacial score (nSPS) is 14.1. The van der Waals surface area contributed by atoms with Gasteiger partial charge in [0.2, 0.25) is 0 Å². The number of hydrogen-bond acceptors (Lipinski definition) is 6. The number of halogens is 1. The van der Waals surface area contributed by atoms with Gasteiger partial charge in [0.15, 0.2) is 0 Å². The van der Waals surface area contributed by atoms with Crippen molar-refractivity contribution in [2.75, 3.05) is 0 Å². The Kier molecular flexibility index (Phi) is 5.20. The van der Waals surface area contributed by atoms with E-state index in [2.05, 4.69) is 10.2 Å². The molecule has 0 radical (unpaired) electrons. The maximum atomic E-state index is 12.5. The number of amides is 1. The Morgan fingerprint density at radius 3 is 2.67 bits per heavy atom. The quantitative estimate of drug-likeness (QED) is 0.503. The van der Waals surface area contributed by atoms with Gasteiger partial charge in [-0.3, -0.25) is 9.89 Å². The highest BCUT2D eigenvalue weighted by Gasteiger charge is 2.25. The number of carbonyl (C=O) groups is 1. The second-order valence-electron chi connectivity index (χ2n) is 6.03. The molecule has 1 heterocycles. The summed E-state index contributed by atoms with van der Waals surface area (Å²) < 4.78 is 26.8. The number of aromatic amines is 1. The molecular weight excluding hydrogens is 392 g/mol. The predicted octanol–water partition coefficient (Wildman–Crippen LogP) is 1.40. The zero-order chi connectivity index (χ0) is 19.8. The van der Waals surface area contributed by atoms with Crippen LogP contribution >= 0.6 is 11.6 Å². The lowest BCUT2D eigenvalue weighted by Crippen LogP contribution is -2.48. The number of aromatic nitrogens is 2. The van der Waals surface area contributed by atoms with E-state index in [0.29, 0.717) is 21.6 Å². The van der Waals surface area contributed by atoms with Gasteiger partial charge in [0.25, 0.3) is 15.9 Å². The number of carbonyl (C=O) groups excluding carboxylic acids is 1. The molecule has 5 N–H and O–H groups in total. The number of aliphatic hydroxyl groups is 1. The van der Waals surface area contributed by atoms with Gasteiger partial charge in [-0.1, -0.05) is 29.8 Å². The number of H-pyrrole nitrogens is 1. The summed E-state index contributed by atoms with van der Waals surface area (Å²) in [6.07, 6.45) is -1.18. The Labute approximate surface area is 160 Å². The second kappa shape index (κ2) is 7.28. The zero-order valence-electron chi connectivity index (χ0n) is 14.2. The molecule has 0 bridgehead atoms. The summed E-state index contributed by atoms with van der Waals surface area (Å²) in [5.41, 5.74) is 7.51. The van der Waals surface area contributed by atoms with Crippen LogP contribution in [0.15, 0.2) is 47.4 Å². The third-order valence-electron chi connectivity index (χ3n) is 4.04.